The van der Waals surface area contributed by atoms with Crippen LogP contribution in [0.4, 0.5) is 0 Å². The summed E-state index contributed by atoms with van der Waals surface area (Å²) in [6, 6.07) is 31.6. The maximum Gasteiger partial charge on any atom is 0.144 e. The summed E-state index contributed by atoms with van der Waals surface area (Å²) < 4.78 is 12.3. The van der Waals surface area contributed by atoms with E-state index in [1.54, 1.807) is 7.11 Å². The van der Waals surface area contributed by atoms with Gasteiger partial charge in [-0.05, 0) is 30.0 Å². The molecular weight excluding hydrogens is 420 g/mol. The molecule has 0 atom stereocenters. The Morgan fingerprint density at radius 3 is 1.82 bits per heavy atom. The van der Waals surface area contributed by atoms with Crippen LogP contribution in [0.5, 0.6) is 11.5 Å². The second-order valence-corrected chi connectivity index (χ2v) is 8.48. The van der Waals surface area contributed by atoms with Crippen LogP contribution >= 0.6 is 0 Å². The van der Waals surface area contributed by atoms with Crippen LogP contribution in [0.1, 0.15) is 42.0 Å². The lowest BCUT2D eigenvalue weighted by molar-refractivity contribution is 0.122. The summed E-state index contributed by atoms with van der Waals surface area (Å²) >= 11 is 0. The third kappa shape index (κ3) is 4.44. The molecule has 4 rings (SSSR count). The lowest BCUT2D eigenvalue weighted by atomic mass is 9.79. The smallest absolute Gasteiger partial charge is 0.144 e. The van der Waals surface area contributed by atoms with Crippen LogP contribution in [0.25, 0.3) is 11.1 Å². The van der Waals surface area contributed by atoms with E-state index in [1.807, 2.05) is 84.9 Å². The fraction of sp³-hybridized carbons (Fsp3) is 0.226. The van der Waals surface area contributed by atoms with E-state index >= 15 is 0 Å². The van der Waals surface area contributed by atoms with Crippen molar-refractivity contribution in [1.29, 1.82) is 0 Å². The van der Waals surface area contributed by atoms with Crippen LogP contribution in [-0.4, -0.2) is 18.8 Å². The molecule has 0 spiro atoms. The molecule has 0 aliphatic carbocycles. The van der Waals surface area contributed by atoms with Gasteiger partial charge in [-0.15, -0.1) is 0 Å². The summed E-state index contributed by atoms with van der Waals surface area (Å²) in [4.78, 5) is 0. The second-order valence-electron chi connectivity index (χ2n) is 8.48. The summed E-state index contributed by atoms with van der Waals surface area (Å²) in [7, 11) is 1.66. The van der Waals surface area contributed by atoms with Gasteiger partial charge in [0.2, 0.25) is 0 Å². The van der Waals surface area contributed by atoms with Gasteiger partial charge in [0.1, 0.15) is 17.1 Å². The molecular formula is C31H32O3. The minimum absolute atomic E-state index is 0.628. The van der Waals surface area contributed by atoms with Gasteiger partial charge in [0.15, 0.2) is 0 Å². The number of ether oxygens (including phenoxy) is 2. The molecule has 0 unspecified atom stereocenters. The minimum Gasteiger partial charge on any atom is -0.496 e. The SMILES string of the molecule is CCCCOc1c(C)cccc1-c1cccc(C(O)(c2ccccc2)c2ccccc2)c1OC. The van der Waals surface area contributed by atoms with E-state index in [4.69, 9.17) is 9.47 Å². The molecule has 0 amide bonds. The van der Waals surface area contributed by atoms with Crippen LogP contribution in [0, 0.1) is 6.92 Å². The van der Waals surface area contributed by atoms with E-state index < -0.39 is 5.60 Å². The fourth-order valence-corrected chi connectivity index (χ4v) is 4.47. The van der Waals surface area contributed by atoms with E-state index in [9.17, 15) is 5.11 Å². The summed E-state index contributed by atoms with van der Waals surface area (Å²) in [5.41, 5.74) is 3.77. The van der Waals surface area contributed by atoms with Crippen molar-refractivity contribution in [1.82, 2.24) is 0 Å². The van der Waals surface area contributed by atoms with Crippen LogP contribution in [0.2, 0.25) is 0 Å². The molecule has 34 heavy (non-hydrogen) atoms. The first-order chi connectivity index (χ1) is 16.6. The molecule has 3 nitrogen and oxygen atoms in total. The molecule has 0 saturated carbocycles. The molecule has 0 fully saturated rings. The molecule has 0 aromatic heterocycles. The van der Waals surface area contributed by atoms with Gasteiger partial charge in [-0.3, -0.25) is 0 Å². The number of rotatable bonds is 9. The lowest BCUT2D eigenvalue weighted by Gasteiger charge is -2.32. The van der Waals surface area contributed by atoms with Gasteiger partial charge in [0.05, 0.1) is 13.7 Å². The van der Waals surface area contributed by atoms with Crippen molar-refractivity contribution in [3.8, 4) is 22.6 Å². The van der Waals surface area contributed by atoms with E-state index in [1.165, 1.54) is 0 Å². The topological polar surface area (TPSA) is 38.7 Å². The van der Waals surface area contributed by atoms with Crippen molar-refractivity contribution in [2.24, 2.45) is 0 Å². The predicted molar refractivity (Wildman–Crippen MR) is 139 cm³/mol. The van der Waals surface area contributed by atoms with Crippen molar-refractivity contribution in [3.05, 3.63) is 119 Å². The molecule has 4 aromatic carbocycles. The standard InChI is InChI=1S/C31H32O3/c1-4-5-22-34-29-23(2)14-12-19-26(29)27-20-13-21-28(30(27)33-3)31(32,24-15-8-6-9-16-24)25-17-10-7-11-18-25/h6-21,32H,4-5,22H2,1-3H3. The summed E-state index contributed by atoms with van der Waals surface area (Å²) in [5, 5.41) is 12.4. The highest BCUT2D eigenvalue weighted by Crippen LogP contribution is 2.47. The van der Waals surface area contributed by atoms with Gasteiger partial charge >= 0.3 is 0 Å². The van der Waals surface area contributed by atoms with Crippen molar-refractivity contribution >= 4 is 0 Å². The number of unbranched alkanes of at least 4 members (excludes halogenated alkanes) is 1. The van der Waals surface area contributed by atoms with E-state index in [2.05, 4.69) is 26.0 Å². The van der Waals surface area contributed by atoms with Crippen molar-refractivity contribution in [2.75, 3.05) is 13.7 Å². The fourth-order valence-electron chi connectivity index (χ4n) is 4.47. The van der Waals surface area contributed by atoms with Crippen molar-refractivity contribution in [3.63, 3.8) is 0 Å². The highest BCUT2D eigenvalue weighted by Gasteiger charge is 2.37. The number of hydrogen-bond acceptors (Lipinski definition) is 3. The van der Waals surface area contributed by atoms with Gasteiger partial charge in [0, 0.05) is 16.7 Å². The zero-order chi connectivity index (χ0) is 24.0. The molecule has 0 heterocycles. The maximum atomic E-state index is 12.4. The highest BCUT2D eigenvalue weighted by molar-refractivity contribution is 5.79. The zero-order valence-corrected chi connectivity index (χ0v) is 20.1. The Hall–Kier alpha value is -3.56. The van der Waals surface area contributed by atoms with Gasteiger partial charge in [0.25, 0.3) is 0 Å². The first-order valence-corrected chi connectivity index (χ1v) is 11.8. The average molecular weight is 453 g/mol. The number of para-hydroxylation sites is 2. The number of aliphatic hydroxyl groups is 1. The largest absolute Gasteiger partial charge is 0.496 e. The molecule has 0 aliphatic rings. The molecule has 0 bridgehead atoms. The lowest BCUT2D eigenvalue weighted by Crippen LogP contribution is -2.29. The van der Waals surface area contributed by atoms with Gasteiger partial charge in [-0.25, -0.2) is 0 Å². The molecule has 0 aliphatic heterocycles. The summed E-state index contributed by atoms with van der Waals surface area (Å²) in [6.07, 6.45) is 2.06. The van der Waals surface area contributed by atoms with E-state index in [0.29, 0.717) is 17.9 Å². The van der Waals surface area contributed by atoms with E-state index in [-0.39, 0.29) is 0 Å². The number of aryl methyl sites for hydroxylation is 1. The van der Waals surface area contributed by atoms with Crippen LogP contribution in [0.15, 0.2) is 97.1 Å². The number of benzene rings is 4. The summed E-state index contributed by atoms with van der Waals surface area (Å²) in [5.74, 6) is 1.48. The Kier molecular flexibility index (Phi) is 7.34. The molecule has 3 heteroatoms. The molecule has 0 saturated heterocycles. The van der Waals surface area contributed by atoms with Crippen molar-refractivity contribution in [2.45, 2.75) is 32.3 Å². The molecule has 1 N–H and O–H groups in total. The normalized spacial score (nSPS) is 11.3. The Labute approximate surface area is 202 Å². The first-order valence-electron chi connectivity index (χ1n) is 11.8. The minimum atomic E-state index is -1.39. The predicted octanol–water partition coefficient (Wildman–Crippen LogP) is 7.13. The molecule has 4 aromatic rings. The Morgan fingerprint density at radius 1 is 0.706 bits per heavy atom. The Morgan fingerprint density at radius 2 is 1.26 bits per heavy atom. The zero-order valence-electron chi connectivity index (χ0n) is 20.1. The number of hydrogen-bond donors (Lipinski definition) is 1. The third-order valence-corrected chi connectivity index (χ3v) is 6.24. The monoisotopic (exact) mass is 452 g/mol. The molecule has 0 radical (unpaired) electrons. The maximum absolute atomic E-state index is 12.4. The van der Waals surface area contributed by atoms with Gasteiger partial charge < -0.3 is 14.6 Å². The van der Waals surface area contributed by atoms with Gasteiger partial charge in [-0.2, -0.15) is 0 Å². The molecule has 174 valence electrons. The van der Waals surface area contributed by atoms with E-state index in [0.717, 1.165) is 46.4 Å². The Bertz CT molecular complexity index is 1180. The third-order valence-electron chi connectivity index (χ3n) is 6.24. The highest BCUT2D eigenvalue weighted by atomic mass is 16.5. The van der Waals surface area contributed by atoms with Crippen molar-refractivity contribution < 1.29 is 14.6 Å². The van der Waals surface area contributed by atoms with Crippen LogP contribution in [-0.2, 0) is 5.60 Å². The number of methoxy groups -OCH3 is 1. The van der Waals surface area contributed by atoms with Gasteiger partial charge in [-0.1, -0.05) is 110 Å². The first kappa shape index (κ1) is 23.6. The second kappa shape index (κ2) is 10.6. The average Bonchev–Trinajstić information content (AvgIpc) is 2.89. The summed E-state index contributed by atoms with van der Waals surface area (Å²) in [6.45, 7) is 4.88. The Balaban J connectivity index is 1.95. The van der Waals surface area contributed by atoms with Crippen LogP contribution in [0.3, 0.4) is 0 Å². The quantitative estimate of drug-likeness (QED) is 0.217. The van der Waals surface area contributed by atoms with Crippen LogP contribution < -0.4 is 9.47 Å².